The molecule has 1 fully saturated rings. The number of nitrogens with zero attached hydrogens (tertiary/aromatic N) is 3. The van der Waals surface area contributed by atoms with Gasteiger partial charge in [-0.05, 0) is 66.8 Å². The number of sulfonamides is 1. The number of benzene rings is 2. The van der Waals surface area contributed by atoms with Gasteiger partial charge in [-0.15, -0.1) is 0 Å². The van der Waals surface area contributed by atoms with Crippen LogP contribution in [-0.2, 0) is 15.8 Å². The molecule has 0 bridgehead atoms. The molecular weight excluding hydrogens is 551 g/mol. The minimum atomic E-state index is -3.58. The van der Waals surface area contributed by atoms with E-state index in [-0.39, 0.29) is 23.4 Å². The van der Waals surface area contributed by atoms with Crippen molar-refractivity contribution < 1.29 is 22.0 Å². The Hall–Kier alpha value is -3.41. The van der Waals surface area contributed by atoms with Gasteiger partial charge in [-0.25, -0.2) is 17.1 Å². The van der Waals surface area contributed by atoms with Crippen molar-refractivity contribution in [1.82, 2.24) is 14.6 Å². The molecule has 1 aliphatic rings. The lowest BCUT2D eigenvalue weighted by Gasteiger charge is -2.34. The van der Waals surface area contributed by atoms with Gasteiger partial charge in [0, 0.05) is 56.7 Å². The van der Waals surface area contributed by atoms with E-state index in [2.05, 4.69) is 10.3 Å². The summed E-state index contributed by atoms with van der Waals surface area (Å²) >= 11 is 1.52. The molecule has 2 aromatic heterocycles. The molecule has 0 spiro atoms. The number of carbonyl (C=O) groups is 1. The highest BCUT2D eigenvalue weighted by Crippen LogP contribution is 2.42. The number of hydrogen-bond donors (Lipinski definition) is 1. The van der Waals surface area contributed by atoms with E-state index in [1.165, 1.54) is 24.1 Å². The number of nitrogens with one attached hydrogen (secondary N) is 1. The number of anilines is 1. The molecule has 8 nitrogen and oxygen atoms in total. The first-order chi connectivity index (χ1) is 19.2. The SMILES string of the molecule is CNC(=O)c1c(-c2ccc(F)cc2)oc2cc(N(C)SC)c([C@H]3CCCN(S(=O)(=O)Cc4ccccn4)C3)cc12. The van der Waals surface area contributed by atoms with E-state index >= 15 is 0 Å². The standard InChI is InChI=1S/C29H31FN4O4S2/c1-31-29(35)27-24-15-23(20-7-6-14-34(17-20)40(36,37)18-22-8-4-5-13-32-22)25(33(2)39-3)16-26(24)38-28(27)19-9-11-21(30)12-10-19/h4-5,8-13,15-16,20H,6-7,14,17-18H2,1-3H3,(H,31,35)/t20-/m0/s1. The van der Waals surface area contributed by atoms with Gasteiger partial charge in [0.05, 0.1) is 16.9 Å². The maximum atomic E-state index is 13.6. The first kappa shape index (κ1) is 28.1. The maximum absolute atomic E-state index is 13.6. The zero-order valence-electron chi connectivity index (χ0n) is 22.6. The van der Waals surface area contributed by atoms with Crippen molar-refractivity contribution in [1.29, 1.82) is 0 Å². The smallest absolute Gasteiger partial charge is 0.255 e. The van der Waals surface area contributed by atoms with Crippen LogP contribution in [0.3, 0.4) is 0 Å². The van der Waals surface area contributed by atoms with Crippen LogP contribution < -0.4 is 9.62 Å². The highest BCUT2D eigenvalue weighted by atomic mass is 32.2. The molecule has 1 amide bonds. The maximum Gasteiger partial charge on any atom is 0.255 e. The lowest BCUT2D eigenvalue weighted by molar-refractivity contribution is 0.0964. The Balaban J connectivity index is 1.59. The van der Waals surface area contributed by atoms with Gasteiger partial charge in [0.1, 0.15) is 22.9 Å². The first-order valence-electron chi connectivity index (χ1n) is 13.0. The number of halogens is 1. The molecule has 0 unspecified atom stereocenters. The zero-order chi connectivity index (χ0) is 28.4. The second-order valence-corrected chi connectivity index (χ2v) is 12.6. The molecule has 11 heteroatoms. The highest BCUT2D eigenvalue weighted by molar-refractivity contribution is 7.99. The Morgan fingerprint density at radius 2 is 2.00 bits per heavy atom. The molecule has 40 heavy (non-hydrogen) atoms. The fourth-order valence-electron chi connectivity index (χ4n) is 5.21. The second kappa shape index (κ2) is 11.6. The number of fused-ring (bicyclic) bond motifs is 1. The summed E-state index contributed by atoms with van der Waals surface area (Å²) in [6.07, 6.45) is 5.06. The molecule has 4 aromatic rings. The minimum Gasteiger partial charge on any atom is -0.455 e. The van der Waals surface area contributed by atoms with Crippen molar-refractivity contribution >= 4 is 44.5 Å². The van der Waals surface area contributed by atoms with E-state index in [0.717, 1.165) is 17.7 Å². The van der Waals surface area contributed by atoms with Crippen LogP contribution in [0.4, 0.5) is 10.1 Å². The van der Waals surface area contributed by atoms with Crippen molar-refractivity contribution in [3.05, 3.63) is 83.4 Å². The highest BCUT2D eigenvalue weighted by Gasteiger charge is 2.33. The van der Waals surface area contributed by atoms with E-state index in [0.29, 0.717) is 53.1 Å². The lowest BCUT2D eigenvalue weighted by atomic mass is 9.89. The Morgan fingerprint density at radius 3 is 2.67 bits per heavy atom. The van der Waals surface area contributed by atoms with Crippen LogP contribution in [-0.4, -0.2) is 57.1 Å². The van der Waals surface area contributed by atoms with Crippen LogP contribution in [0.1, 0.15) is 40.4 Å². The van der Waals surface area contributed by atoms with Crippen LogP contribution in [0.2, 0.25) is 0 Å². The molecule has 5 rings (SSSR count). The average molecular weight is 583 g/mol. The summed E-state index contributed by atoms with van der Waals surface area (Å²) in [5, 5.41) is 3.32. The summed E-state index contributed by atoms with van der Waals surface area (Å²) in [5.74, 6) is -0.596. The normalized spacial score (nSPS) is 16.2. The molecule has 0 aliphatic carbocycles. The third kappa shape index (κ3) is 5.59. The first-order valence-corrected chi connectivity index (χ1v) is 15.7. The number of aromatic nitrogens is 1. The van der Waals surface area contributed by atoms with Crippen molar-refractivity contribution in [2.45, 2.75) is 24.5 Å². The van der Waals surface area contributed by atoms with E-state index in [1.54, 1.807) is 47.9 Å². The van der Waals surface area contributed by atoms with Gasteiger partial charge in [0.15, 0.2) is 0 Å². The van der Waals surface area contributed by atoms with E-state index in [9.17, 15) is 17.6 Å². The quantitative estimate of drug-likeness (QED) is 0.277. The molecule has 0 saturated carbocycles. The second-order valence-electron chi connectivity index (χ2n) is 9.75. The van der Waals surface area contributed by atoms with Gasteiger partial charge in [-0.3, -0.25) is 9.78 Å². The monoisotopic (exact) mass is 582 g/mol. The van der Waals surface area contributed by atoms with Crippen LogP contribution >= 0.6 is 11.9 Å². The van der Waals surface area contributed by atoms with Crippen LogP contribution in [0.15, 0.2) is 65.2 Å². The summed E-state index contributed by atoms with van der Waals surface area (Å²) in [6, 6.07) is 15.0. The van der Waals surface area contributed by atoms with Crippen LogP contribution in [0.25, 0.3) is 22.3 Å². The molecule has 1 atom stereocenters. The van der Waals surface area contributed by atoms with E-state index in [4.69, 9.17) is 4.42 Å². The van der Waals surface area contributed by atoms with Crippen molar-refractivity contribution in [2.24, 2.45) is 0 Å². The Labute approximate surface area is 237 Å². The van der Waals surface area contributed by atoms with E-state index in [1.807, 2.05) is 29.7 Å². The summed E-state index contributed by atoms with van der Waals surface area (Å²) in [6.45, 7) is 0.777. The molecule has 1 aliphatic heterocycles. The predicted octanol–water partition coefficient (Wildman–Crippen LogP) is 5.42. The molecule has 0 radical (unpaired) electrons. The number of carbonyl (C=O) groups excluding carboxylic acids is 1. The van der Waals surface area contributed by atoms with Gasteiger partial charge >= 0.3 is 0 Å². The minimum absolute atomic E-state index is 0.0945. The fourth-order valence-corrected chi connectivity index (χ4v) is 7.11. The summed E-state index contributed by atoms with van der Waals surface area (Å²) in [5.41, 5.74) is 3.81. The summed E-state index contributed by atoms with van der Waals surface area (Å²) < 4.78 is 50.2. The number of pyridine rings is 1. The Kier molecular flexibility index (Phi) is 8.16. The molecule has 1 saturated heterocycles. The Morgan fingerprint density at radius 1 is 1.23 bits per heavy atom. The van der Waals surface area contributed by atoms with Gasteiger partial charge in [0.25, 0.3) is 5.91 Å². The predicted molar refractivity (Wildman–Crippen MR) is 157 cm³/mol. The molecule has 210 valence electrons. The molecule has 2 aromatic carbocycles. The van der Waals surface area contributed by atoms with E-state index < -0.39 is 10.0 Å². The largest absolute Gasteiger partial charge is 0.455 e. The number of amides is 1. The third-order valence-corrected chi connectivity index (χ3v) is 9.81. The van der Waals surface area contributed by atoms with Gasteiger partial charge in [-0.2, -0.15) is 0 Å². The molecular formula is C29H31FN4O4S2. The number of rotatable bonds is 8. The fraction of sp³-hybridized carbons (Fsp3) is 0.310. The Bertz CT molecular complexity index is 1630. The average Bonchev–Trinajstić information content (AvgIpc) is 3.35. The van der Waals surface area contributed by atoms with Gasteiger partial charge in [0.2, 0.25) is 10.0 Å². The van der Waals surface area contributed by atoms with Gasteiger partial charge < -0.3 is 14.0 Å². The number of furan rings is 1. The molecule has 1 N–H and O–H groups in total. The van der Waals surface area contributed by atoms with Crippen molar-refractivity contribution in [3.63, 3.8) is 0 Å². The topological polar surface area (TPSA) is 95.8 Å². The lowest BCUT2D eigenvalue weighted by Crippen LogP contribution is -2.40. The number of hydrogen-bond acceptors (Lipinski definition) is 7. The zero-order valence-corrected chi connectivity index (χ0v) is 24.2. The summed E-state index contributed by atoms with van der Waals surface area (Å²) in [7, 11) is -0.0856. The summed E-state index contributed by atoms with van der Waals surface area (Å²) in [4.78, 5) is 17.3. The van der Waals surface area contributed by atoms with Crippen LogP contribution in [0.5, 0.6) is 0 Å². The number of piperidine rings is 1. The third-order valence-electron chi connectivity index (χ3n) is 7.28. The molecule has 3 heterocycles. The van der Waals surface area contributed by atoms with Crippen molar-refractivity contribution in [3.8, 4) is 11.3 Å². The van der Waals surface area contributed by atoms with Crippen LogP contribution in [0, 0.1) is 5.82 Å². The van der Waals surface area contributed by atoms with Gasteiger partial charge in [-0.1, -0.05) is 18.0 Å². The van der Waals surface area contributed by atoms with Crippen molar-refractivity contribution in [2.75, 3.05) is 37.7 Å².